The molecule has 0 saturated heterocycles. The molecule has 0 aliphatic rings. The fourth-order valence-corrected chi connectivity index (χ4v) is 1.56. The van der Waals surface area contributed by atoms with Crippen LogP contribution in [0.1, 0.15) is 12.6 Å². The monoisotopic (exact) mass is 304 g/mol. The van der Waals surface area contributed by atoms with Crippen LogP contribution in [0.4, 0.5) is 4.39 Å². The first kappa shape index (κ1) is 15.6. The predicted molar refractivity (Wildman–Crippen MR) is 73.9 cm³/mol. The van der Waals surface area contributed by atoms with Crippen LogP contribution >= 0.6 is 0 Å². The number of halogens is 1. The van der Waals surface area contributed by atoms with E-state index in [0.717, 1.165) is 0 Å². The van der Waals surface area contributed by atoms with Gasteiger partial charge in [0.15, 0.2) is 0 Å². The molecule has 0 amide bonds. The summed E-state index contributed by atoms with van der Waals surface area (Å²) in [6, 6.07) is 5.43. The smallest absolute Gasteiger partial charge is 0.375 e. The highest BCUT2D eigenvalue weighted by atomic mass is 19.1. The topological polar surface area (TPSA) is 78.4 Å². The van der Waals surface area contributed by atoms with E-state index in [4.69, 9.17) is 4.74 Å². The third-order valence-electron chi connectivity index (χ3n) is 2.56. The fourth-order valence-electron chi connectivity index (χ4n) is 1.56. The normalized spacial score (nSPS) is 10.1. The number of hydrogen-bond acceptors (Lipinski definition) is 6. The lowest BCUT2D eigenvalue weighted by Gasteiger charge is -2.05. The van der Waals surface area contributed by atoms with E-state index in [1.54, 1.807) is 6.92 Å². The van der Waals surface area contributed by atoms with E-state index >= 15 is 0 Å². The summed E-state index contributed by atoms with van der Waals surface area (Å²) in [6.07, 6.45) is 2.45. The molecule has 7 heteroatoms. The molecule has 2 aromatic rings. The van der Waals surface area contributed by atoms with Crippen molar-refractivity contribution in [3.63, 3.8) is 0 Å². The Balaban J connectivity index is 1.96. The number of benzene rings is 1. The molecule has 22 heavy (non-hydrogen) atoms. The van der Waals surface area contributed by atoms with Gasteiger partial charge in [-0.2, -0.15) is 0 Å². The van der Waals surface area contributed by atoms with Gasteiger partial charge in [-0.1, -0.05) is 0 Å². The average Bonchev–Trinajstić information content (AvgIpc) is 2.51. The number of ketones is 1. The lowest BCUT2D eigenvalue weighted by molar-refractivity contribution is -0.153. The summed E-state index contributed by atoms with van der Waals surface area (Å²) in [5, 5.41) is 0. The zero-order valence-corrected chi connectivity index (χ0v) is 11.8. The van der Waals surface area contributed by atoms with Crippen LogP contribution in [0.2, 0.25) is 0 Å². The maximum atomic E-state index is 12.8. The zero-order chi connectivity index (χ0) is 15.9. The van der Waals surface area contributed by atoms with Crippen molar-refractivity contribution in [1.29, 1.82) is 0 Å². The number of esters is 1. The Labute approximate surface area is 125 Å². The van der Waals surface area contributed by atoms with Crippen LogP contribution in [0.25, 0.3) is 0 Å². The van der Waals surface area contributed by atoms with E-state index in [2.05, 4.69) is 14.7 Å². The Morgan fingerprint density at radius 2 is 1.86 bits per heavy atom. The van der Waals surface area contributed by atoms with Gasteiger partial charge in [0, 0.05) is 0 Å². The Kier molecular flexibility index (Phi) is 5.13. The molecule has 0 bridgehead atoms. The van der Waals surface area contributed by atoms with Crippen LogP contribution < -0.4 is 4.74 Å². The summed E-state index contributed by atoms with van der Waals surface area (Å²) >= 11 is 0. The van der Waals surface area contributed by atoms with Gasteiger partial charge in [-0.15, -0.1) is 0 Å². The Bertz CT molecular complexity index is 656. The number of carbonyl (C=O) groups excluding carboxylic acids is 2. The van der Waals surface area contributed by atoms with Crippen molar-refractivity contribution >= 4 is 11.8 Å². The molecule has 114 valence electrons. The molecule has 0 atom stereocenters. The summed E-state index contributed by atoms with van der Waals surface area (Å²) in [5.41, 5.74) is 0.324. The van der Waals surface area contributed by atoms with E-state index in [0.29, 0.717) is 11.4 Å². The molecular formula is C15H13FN2O4. The molecule has 0 aliphatic heterocycles. The summed E-state index contributed by atoms with van der Waals surface area (Å²) in [4.78, 5) is 30.7. The lowest BCUT2D eigenvalue weighted by atomic mass is 10.2. The van der Waals surface area contributed by atoms with Crippen LogP contribution in [0.15, 0.2) is 36.7 Å². The molecule has 1 aromatic carbocycles. The maximum absolute atomic E-state index is 12.8. The number of Topliss-reactive ketones (excluding diaryl/α,β-unsaturated/α-hetero) is 1. The van der Waals surface area contributed by atoms with Crippen LogP contribution in [0, 0.1) is 5.82 Å². The van der Waals surface area contributed by atoms with Crippen LogP contribution in [-0.4, -0.2) is 28.3 Å². The molecule has 6 nitrogen and oxygen atoms in total. The van der Waals surface area contributed by atoms with Crippen molar-refractivity contribution in [2.75, 3.05) is 6.61 Å². The standard InChI is InChI=1S/C15H13FN2O4/c1-2-21-15(20)13(19)7-11-8-18-14(9-17-11)22-12-5-3-10(16)4-6-12/h3-6,8-9H,2,7H2,1H3. The number of rotatable bonds is 6. The molecule has 0 saturated carbocycles. The van der Waals surface area contributed by atoms with Gasteiger partial charge in [-0.3, -0.25) is 9.78 Å². The molecule has 2 rings (SSSR count). The molecule has 0 spiro atoms. The molecule has 0 aliphatic carbocycles. The molecule has 0 unspecified atom stereocenters. The first-order chi connectivity index (χ1) is 10.6. The molecule has 1 heterocycles. The van der Waals surface area contributed by atoms with Gasteiger partial charge < -0.3 is 9.47 Å². The highest BCUT2D eigenvalue weighted by Gasteiger charge is 2.16. The molecule has 0 N–H and O–H groups in total. The largest absolute Gasteiger partial charge is 0.460 e. The quantitative estimate of drug-likeness (QED) is 0.600. The van der Waals surface area contributed by atoms with Gasteiger partial charge in [-0.05, 0) is 31.2 Å². The summed E-state index contributed by atoms with van der Waals surface area (Å²) in [6.45, 7) is 1.76. The number of nitrogens with zero attached hydrogens (tertiary/aromatic N) is 2. The summed E-state index contributed by atoms with van der Waals surface area (Å²) in [7, 11) is 0. The second-order valence-electron chi connectivity index (χ2n) is 4.22. The van der Waals surface area contributed by atoms with Gasteiger partial charge in [-0.25, -0.2) is 14.2 Å². The Hall–Kier alpha value is -2.83. The van der Waals surface area contributed by atoms with Crippen molar-refractivity contribution in [2.45, 2.75) is 13.3 Å². The van der Waals surface area contributed by atoms with Crippen LogP contribution in [0.5, 0.6) is 11.6 Å². The van der Waals surface area contributed by atoms with Crippen molar-refractivity contribution < 1.29 is 23.5 Å². The maximum Gasteiger partial charge on any atom is 0.375 e. The van der Waals surface area contributed by atoms with E-state index in [-0.39, 0.29) is 24.7 Å². The molecular weight excluding hydrogens is 291 g/mol. The second-order valence-corrected chi connectivity index (χ2v) is 4.22. The van der Waals surface area contributed by atoms with E-state index in [9.17, 15) is 14.0 Å². The predicted octanol–water partition coefficient (Wildman–Crippen LogP) is 2.08. The molecule has 1 aromatic heterocycles. The number of aromatic nitrogens is 2. The van der Waals surface area contributed by atoms with Gasteiger partial charge in [0.1, 0.15) is 11.6 Å². The highest BCUT2D eigenvalue weighted by Crippen LogP contribution is 2.18. The second kappa shape index (κ2) is 7.26. The third kappa shape index (κ3) is 4.34. The third-order valence-corrected chi connectivity index (χ3v) is 2.56. The number of ether oxygens (including phenoxy) is 2. The van der Waals surface area contributed by atoms with Gasteiger partial charge >= 0.3 is 5.97 Å². The SMILES string of the molecule is CCOC(=O)C(=O)Cc1cnc(Oc2ccc(F)cc2)cn1. The minimum Gasteiger partial charge on any atom is -0.460 e. The lowest BCUT2D eigenvalue weighted by Crippen LogP contribution is -2.20. The molecule has 0 fully saturated rings. The van der Waals surface area contributed by atoms with Crippen molar-refractivity contribution in [3.8, 4) is 11.6 Å². The fraction of sp³-hybridized carbons (Fsp3) is 0.200. The van der Waals surface area contributed by atoms with E-state index < -0.39 is 11.8 Å². The van der Waals surface area contributed by atoms with Crippen LogP contribution in [-0.2, 0) is 20.7 Å². The van der Waals surface area contributed by atoms with Crippen molar-refractivity contribution in [1.82, 2.24) is 9.97 Å². The van der Waals surface area contributed by atoms with Gasteiger partial charge in [0.2, 0.25) is 11.7 Å². The minimum absolute atomic E-state index is 0.140. The first-order valence-electron chi connectivity index (χ1n) is 6.52. The first-order valence-corrected chi connectivity index (χ1v) is 6.52. The number of carbonyl (C=O) groups is 2. The van der Waals surface area contributed by atoms with Crippen molar-refractivity contribution in [2.24, 2.45) is 0 Å². The average molecular weight is 304 g/mol. The minimum atomic E-state index is -0.893. The van der Waals surface area contributed by atoms with E-state index in [1.165, 1.54) is 36.7 Å². The summed E-state index contributed by atoms with van der Waals surface area (Å²) < 4.78 is 22.7. The van der Waals surface area contributed by atoms with Gasteiger partial charge in [0.25, 0.3) is 0 Å². The molecule has 0 radical (unpaired) electrons. The highest BCUT2D eigenvalue weighted by molar-refractivity contribution is 6.34. The Morgan fingerprint density at radius 3 is 2.45 bits per heavy atom. The zero-order valence-electron chi connectivity index (χ0n) is 11.8. The van der Waals surface area contributed by atoms with Crippen LogP contribution in [0.3, 0.4) is 0 Å². The van der Waals surface area contributed by atoms with Crippen molar-refractivity contribution in [3.05, 3.63) is 48.2 Å². The number of hydrogen-bond donors (Lipinski definition) is 0. The Morgan fingerprint density at radius 1 is 1.14 bits per heavy atom. The summed E-state index contributed by atoms with van der Waals surface area (Å²) in [5.74, 6) is -1.35. The van der Waals surface area contributed by atoms with E-state index in [1.807, 2.05) is 0 Å². The van der Waals surface area contributed by atoms with Gasteiger partial charge in [0.05, 0.1) is 31.1 Å².